The number of hydrogen-bond donors (Lipinski definition) is 2. The van der Waals surface area contributed by atoms with Crippen LogP contribution in [0.1, 0.15) is 10.4 Å². The number of benzene rings is 1. The van der Waals surface area contributed by atoms with Gasteiger partial charge in [0.2, 0.25) is 6.54 Å². The highest BCUT2D eigenvalue weighted by Crippen LogP contribution is 2.25. The van der Waals surface area contributed by atoms with Crippen LogP contribution in [-0.2, 0) is 11.3 Å². The number of nitrogens with two attached hydrogens (primary N) is 1. The average Bonchev–Trinajstić information content (AvgIpc) is 2.43. The fourth-order valence-corrected chi connectivity index (χ4v) is 2.05. The number of carbonyl (C=O) groups is 2. The molecule has 108 valence electrons. The van der Waals surface area contributed by atoms with E-state index >= 15 is 0 Å². The van der Waals surface area contributed by atoms with E-state index < -0.39 is 5.91 Å². The summed E-state index contributed by atoms with van der Waals surface area (Å²) in [7, 11) is 0. The summed E-state index contributed by atoms with van der Waals surface area (Å²) < 4.78 is 1.55. The summed E-state index contributed by atoms with van der Waals surface area (Å²) in [4.78, 5) is 23.1. The minimum absolute atomic E-state index is 0.0178. The Balaban J connectivity index is 2.10. The van der Waals surface area contributed by atoms with Crippen LogP contribution in [0, 0.1) is 0 Å². The fraction of sp³-hybridized carbons (Fsp3) is 0.0714. The van der Waals surface area contributed by atoms with Crippen molar-refractivity contribution in [2.75, 3.05) is 5.32 Å². The maximum atomic E-state index is 12.0. The van der Waals surface area contributed by atoms with E-state index in [9.17, 15) is 9.59 Å². The lowest BCUT2D eigenvalue weighted by Gasteiger charge is -2.06. The zero-order chi connectivity index (χ0) is 15.4. The van der Waals surface area contributed by atoms with E-state index in [-0.39, 0.29) is 12.5 Å². The van der Waals surface area contributed by atoms with E-state index in [1.54, 1.807) is 41.1 Å². The number of anilines is 1. The van der Waals surface area contributed by atoms with Crippen molar-refractivity contribution >= 4 is 40.7 Å². The molecule has 0 aliphatic carbocycles. The van der Waals surface area contributed by atoms with Gasteiger partial charge in [0.05, 0.1) is 10.7 Å². The Labute approximate surface area is 131 Å². The summed E-state index contributed by atoms with van der Waals surface area (Å²) in [6, 6.07) is 8.00. The molecule has 1 heterocycles. The van der Waals surface area contributed by atoms with E-state index in [4.69, 9.17) is 28.9 Å². The molecule has 0 bridgehead atoms. The Morgan fingerprint density at radius 1 is 1.24 bits per heavy atom. The lowest BCUT2D eigenvalue weighted by Crippen LogP contribution is -2.40. The van der Waals surface area contributed by atoms with Gasteiger partial charge in [-0.2, -0.15) is 4.57 Å². The maximum absolute atomic E-state index is 12.0. The van der Waals surface area contributed by atoms with E-state index in [0.717, 1.165) is 0 Å². The molecule has 0 saturated heterocycles. The highest BCUT2D eigenvalue weighted by atomic mass is 35.5. The van der Waals surface area contributed by atoms with Crippen molar-refractivity contribution in [2.45, 2.75) is 6.54 Å². The number of rotatable bonds is 4. The number of nitrogens with zero attached hydrogens (tertiary/aromatic N) is 1. The second-order valence-corrected chi connectivity index (χ2v) is 5.15. The molecule has 3 N–H and O–H groups in total. The van der Waals surface area contributed by atoms with Crippen LogP contribution in [0.2, 0.25) is 10.0 Å². The van der Waals surface area contributed by atoms with Crippen LogP contribution in [0.4, 0.5) is 5.69 Å². The van der Waals surface area contributed by atoms with Gasteiger partial charge in [-0.3, -0.25) is 9.59 Å². The predicted octanol–water partition coefficient (Wildman–Crippen LogP) is 2.02. The van der Waals surface area contributed by atoms with Crippen molar-refractivity contribution in [2.24, 2.45) is 5.73 Å². The van der Waals surface area contributed by atoms with Gasteiger partial charge in [0.1, 0.15) is 5.56 Å². The molecular formula is C14H12Cl2N3O2+. The summed E-state index contributed by atoms with van der Waals surface area (Å²) in [5.41, 5.74) is 5.94. The summed E-state index contributed by atoms with van der Waals surface area (Å²) in [5.74, 6) is -0.853. The number of nitrogens with one attached hydrogen (secondary N) is 1. The molecule has 1 aromatic heterocycles. The van der Waals surface area contributed by atoms with Crippen LogP contribution in [0.3, 0.4) is 0 Å². The third-order valence-electron chi connectivity index (χ3n) is 2.67. The van der Waals surface area contributed by atoms with Gasteiger partial charge in [-0.05, 0) is 24.3 Å². The van der Waals surface area contributed by atoms with Crippen molar-refractivity contribution in [1.82, 2.24) is 0 Å². The van der Waals surface area contributed by atoms with Gasteiger partial charge in [-0.25, -0.2) is 0 Å². The SMILES string of the molecule is NC(=O)c1ccc[n+](CC(=O)Nc2cc(Cl)ccc2Cl)c1. The van der Waals surface area contributed by atoms with Gasteiger partial charge in [0.15, 0.2) is 12.4 Å². The number of pyridine rings is 1. The molecule has 5 nitrogen and oxygen atoms in total. The van der Waals surface area contributed by atoms with Crippen LogP contribution in [-0.4, -0.2) is 11.8 Å². The quantitative estimate of drug-likeness (QED) is 0.844. The van der Waals surface area contributed by atoms with E-state index in [2.05, 4.69) is 5.32 Å². The molecule has 7 heteroatoms. The molecule has 2 rings (SSSR count). The molecule has 2 amide bonds. The van der Waals surface area contributed by atoms with Crippen LogP contribution < -0.4 is 15.6 Å². The summed E-state index contributed by atoms with van der Waals surface area (Å²) in [6.45, 7) is 0.0178. The van der Waals surface area contributed by atoms with Gasteiger partial charge >= 0.3 is 0 Å². The molecule has 0 radical (unpaired) electrons. The van der Waals surface area contributed by atoms with Crippen molar-refractivity contribution in [3.63, 3.8) is 0 Å². The number of halogens is 2. The molecule has 0 aliphatic rings. The molecule has 21 heavy (non-hydrogen) atoms. The van der Waals surface area contributed by atoms with Crippen molar-refractivity contribution in [3.8, 4) is 0 Å². The van der Waals surface area contributed by atoms with E-state index in [1.165, 1.54) is 6.20 Å². The number of aromatic nitrogens is 1. The first-order valence-corrected chi connectivity index (χ1v) is 6.75. The smallest absolute Gasteiger partial charge is 0.290 e. The lowest BCUT2D eigenvalue weighted by atomic mass is 10.2. The fourth-order valence-electron chi connectivity index (χ4n) is 1.71. The number of carbonyl (C=O) groups excluding carboxylic acids is 2. The van der Waals surface area contributed by atoms with E-state index in [1.807, 2.05) is 0 Å². The van der Waals surface area contributed by atoms with Gasteiger partial charge in [-0.15, -0.1) is 0 Å². The third-order valence-corrected chi connectivity index (χ3v) is 3.24. The molecule has 0 unspecified atom stereocenters. The molecule has 0 atom stereocenters. The van der Waals surface area contributed by atoms with Gasteiger partial charge in [0, 0.05) is 11.1 Å². The minimum atomic E-state index is -0.553. The first-order chi connectivity index (χ1) is 9.95. The van der Waals surface area contributed by atoms with Crippen molar-refractivity contribution in [3.05, 3.63) is 58.3 Å². The molecule has 0 saturated carbocycles. The molecule has 0 spiro atoms. The monoisotopic (exact) mass is 324 g/mol. The Hall–Kier alpha value is -2.11. The van der Waals surface area contributed by atoms with E-state index in [0.29, 0.717) is 21.3 Å². The standard InChI is InChI=1S/C14H11Cl2N3O2/c15-10-3-4-11(16)12(6-10)18-13(20)8-19-5-1-2-9(7-19)14(17)21/h1-7H,8H2,(H2-,17,18,20,21)/p+1. The van der Waals surface area contributed by atoms with Gasteiger partial charge in [-0.1, -0.05) is 23.2 Å². The summed E-state index contributed by atoms with van der Waals surface area (Å²) >= 11 is 11.8. The topological polar surface area (TPSA) is 76.1 Å². The van der Waals surface area contributed by atoms with Crippen LogP contribution in [0.25, 0.3) is 0 Å². The number of primary amides is 1. The zero-order valence-electron chi connectivity index (χ0n) is 10.8. The molecule has 0 aliphatic heterocycles. The molecule has 1 aromatic carbocycles. The zero-order valence-corrected chi connectivity index (χ0v) is 12.4. The Kier molecular flexibility index (Phi) is 4.77. The number of hydrogen-bond acceptors (Lipinski definition) is 2. The van der Waals surface area contributed by atoms with Crippen molar-refractivity contribution < 1.29 is 14.2 Å². The maximum Gasteiger partial charge on any atom is 0.290 e. The van der Waals surface area contributed by atoms with Crippen LogP contribution in [0.15, 0.2) is 42.7 Å². The Morgan fingerprint density at radius 3 is 2.71 bits per heavy atom. The molecular weight excluding hydrogens is 313 g/mol. The highest BCUT2D eigenvalue weighted by Gasteiger charge is 2.13. The first-order valence-electron chi connectivity index (χ1n) is 5.99. The van der Waals surface area contributed by atoms with Gasteiger partial charge < -0.3 is 11.1 Å². The highest BCUT2D eigenvalue weighted by molar-refractivity contribution is 6.35. The normalized spacial score (nSPS) is 10.2. The second-order valence-electron chi connectivity index (χ2n) is 4.30. The van der Waals surface area contributed by atoms with Crippen LogP contribution in [0.5, 0.6) is 0 Å². The summed E-state index contributed by atoms with van der Waals surface area (Å²) in [6.07, 6.45) is 3.16. The van der Waals surface area contributed by atoms with Gasteiger partial charge in [0.25, 0.3) is 11.8 Å². The predicted molar refractivity (Wildman–Crippen MR) is 80.2 cm³/mol. The third kappa shape index (κ3) is 4.18. The Bertz CT molecular complexity index is 704. The molecule has 2 aromatic rings. The largest absolute Gasteiger partial charge is 0.365 e. The first kappa shape index (κ1) is 15.3. The second kappa shape index (κ2) is 6.56. The minimum Gasteiger partial charge on any atom is -0.365 e. The average molecular weight is 325 g/mol. The van der Waals surface area contributed by atoms with Crippen molar-refractivity contribution in [1.29, 1.82) is 0 Å². The number of amides is 2. The van der Waals surface area contributed by atoms with Crippen LogP contribution >= 0.6 is 23.2 Å². The lowest BCUT2D eigenvalue weighted by molar-refractivity contribution is -0.684. The molecule has 0 fully saturated rings. The summed E-state index contributed by atoms with van der Waals surface area (Å²) in [5, 5.41) is 3.52. The Morgan fingerprint density at radius 2 is 2.00 bits per heavy atom.